The third-order valence-corrected chi connectivity index (χ3v) is 4.92. The quantitative estimate of drug-likeness (QED) is 0.846. The van der Waals surface area contributed by atoms with E-state index in [9.17, 15) is 9.59 Å². The van der Waals surface area contributed by atoms with Crippen molar-refractivity contribution in [3.63, 3.8) is 0 Å². The number of hydrogen-bond acceptors (Lipinski definition) is 3. The number of rotatable bonds is 4. The van der Waals surface area contributed by atoms with Crippen LogP contribution in [-0.4, -0.2) is 35.7 Å². The van der Waals surface area contributed by atoms with E-state index in [0.717, 1.165) is 23.1 Å². The zero-order valence-corrected chi connectivity index (χ0v) is 15.9. The SMILES string of the molecule is Cc1ccc(C)c(C(=O)CCC(=O)N2CCC(N)C(C)(C)C2)c1.Cl. The van der Waals surface area contributed by atoms with Crippen molar-refractivity contribution in [2.45, 2.75) is 53.0 Å². The number of amides is 1. The van der Waals surface area contributed by atoms with E-state index in [2.05, 4.69) is 13.8 Å². The molecule has 2 rings (SSSR count). The highest BCUT2D eigenvalue weighted by atomic mass is 35.5. The molecular weight excluding hydrogens is 324 g/mol. The van der Waals surface area contributed by atoms with Gasteiger partial charge in [0.2, 0.25) is 5.91 Å². The van der Waals surface area contributed by atoms with Crippen molar-refractivity contribution in [2.24, 2.45) is 11.1 Å². The number of piperidine rings is 1. The summed E-state index contributed by atoms with van der Waals surface area (Å²) < 4.78 is 0. The molecule has 1 atom stereocenters. The lowest BCUT2D eigenvalue weighted by atomic mass is 9.79. The average Bonchev–Trinajstić information content (AvgIpc) is 2.49. The van der Waals surface area contributed by atoms with Gasteiger partial charge in [-0.15, -0.1) is 12.4 Å². The summed E-state index contributed by atoms with van der Waals surface area (Å²) in [7, 11) is 0. The minimum absolute atomic E-state index is 0. The zero-order chi connectivity index (χ0) is 17.2. The Morgan fingerprint density at radius 1 is 1.25 bits per heavy atom. The summed E-state index contributed by atoms with van der Waals surface area (Å²) >= 11 is 0. The summed E-state index contributed by atoms with van der Waals surface area (Å²) in [6.07, 6.45) is 1.37. The summed E-state index contributed by atoms with van der Waals surface area (Å²) in [5, 5.41) is 0. The second kappa shape index (κ2) is 8.13. The molecule has 1 aromatic rings. The molecule has 0 aliphatic carbocycles. The van der Waals surface area contributed by atoms with Gasteiger partial charge >= 0.3 is 0 Å². The van der Waals surface area contributed by atoms with Crippen LogP contribution < -0.4 is 5.73 Å². The van der Waals surface area contributed by atoms with Gasteiger partial charge in [0.25, 0.3) is 0 Å². The molecule has 134 valence electrons. The van der Waals surface area contributed by atoms with Crippen molar-refractivity contribution >= 4 is 24.1 Å². The van der Waals surface area contributed by atoms with Crippen LogP contribution in [0.3, 0.4) is 0 Å². The maximum absolute atomic E-state index is 12.4. The van der Waals surface area contributed by atoms with Gasteiger partial charge in [-0.2, -0.15) is 0 Å². The lowest BCUT2D eigenvalue weighted by molar-refractivity contribution is -0.134. The first kappa shape index (κ1) is 20.7. The van der Waals surface area contributed by atoms with Crippen molar-refractivity contribution in [1.82, 2.24) is 4.90 Å². The minimum Gasteiger partial charge on any atom is -0.342 e. The Morgan fingerprint density at radius 3 is 2.54 bits per heavy atom. The standard InChI is InChI=1S/C19H28N2O2.ClH/c1-13-5-6-14(2)15(11-13)16(22)7-8-18(23)21-10-9-17(20)19(3,4)12-21;/h5-6,11,17H,7-10,12,20H2,1-4H3;1H. The van der Waals surface area contributed by atoms with E-state index < -0.39 is 0 Å². The molecule has 1 unspecified atom stereocenters. The average molecular weight is 353 g/mol. The van der Waals surface area contributed by atoms with Gasteiger partial charge in [-0.05, 0) is 37.3 Å². The molecule has 0 saturated carbocycles. The van der Waals surface area contributed by atoms with E-state index in [4.69, 9.17) is 5.73 Å². The van der Waals surface area contributed by atoms with E-state index in [0.29, 0.717) is 13.1 Å². The first-order chi connectivity index (χ1) is 10.7. The highest BCUT2D eigenvalue weighted by Gasteiger charge is 2.35. The summed E-state index contributed by atoms with van der Waals surface area (Å²) in [6, 6.07) is 5.99. The Hall–Kier alpha value is -1.39. The van der Waals surface area contributed by atoms with Gasteiger partial charge in [0.05, 0.1) is 0 Å². The van der Waals surface area contributed by atoms with Crippen molar-refractivity contribution in [3.05, 3.63) is 34.9 Å². The van der Waals surface area contributed by atoms with E-state index in [1.165, 1.54) is 0 Å². The first-order valence-corrected chi connectivity index (χ1v) is 8.34. The summed E-state index contributed by atoms with van der Waals surface area (Å²) in [5.74, 6) is 0.108. The maximum Gasteiger partial charge on any atom is 0.223 e. The number of halogens is 1. The third-order valence-electron chi connectivity index (χ3n) is 4.92. The molecule has 0 bridgehead atoms. The number of nitrogens with two attached hydrogens (primary N) is 1. The number of aryl methyl sites for hydroxylation is 2. The Labute approximate surface area is 151 Å². The number of Topliss-reactive ketones (excluding diaryl/α,β-unsaturated/α-hetero) is 1. The maximum atomic E-state index is 12.4. The fourth-order valence-corrected chi connectivity index (χ4v) is 3.14. The van der Waals surface area contributed by atoms with Gasteiger partial charge in [0.15, 0.2) is 5.78 Å². The van der Waals surface area contributed by atoms with E-state index in [-0.39, 0.29) is 48.4 Å². The van der Waals surface area contributed by atoms with Crippen LogP contribution in [0, 0.1) is 19.3 Å². The molecule has 1 amide bonds. The molecule has 1 heterocycles. The van der Waals surface area contributed by atoms with Gasteiger partial charge in [-0.1, -0.05) is 31.5 Å². The normalized spacial score (nSPS) is 19.5. The molecule has 24 heavy (non-hydrogen) atoms. The molecular formula is C19H29ClN2O2. The highest BCUT2D eigenvalue weighted by molar-refractivity contribution is 5.99. The Morgan fingerprint density at radius 2 is 1.92 bits per heavy atom. The number of benzene rings is 1. The highest BCUT2D eigenvalue weighted by Crippen LogP contribution is 2.28. The van der Waals surface area contributed by atoms with Crippen molar-refractivity contribution in [1.29, 1.82) is 0 Å². The van der Waals surface area contributed by atoms with Gasteiger partial charge in [0.1, 0.15) is 0 Å². The zero-order valence-electron chi connectivity index (χ0n) is 15.1. The number of likely N-dealkylation sites (tertiary alicyclic amines) is 1. The monoisotopic (exact) mass is 352 g/mol. The molecule has 1 aliphatic heterocycles. The van der Waals surface area contributed by atoms with Crippen LogP contribution in [-0.2, 0) is 4.79 Å². The molecule has 0 aromatic heterocycles. The van der Waals surface area contributed by atoms with Crippen molar-refractivity contribution < 1.29 is 9.59 Å². The molecule has 1 aliphatic rings. The van der Waals surface area contributed by atoms with Gasteiger partial charge in [-0.3, -0.25) is 9.59 Å². The van der Waals surface area contributed by atoms with E-state index in [1.54, 1.807) is 0 Å². The summed E-state index contributed by atoms with van der Waals surface area (Å²) in [6.45, 7) is 9.46. The largest absolute Gasteiger partial charge is 0.342 e. The topological polar surface area (TPSA) is 63.4 Å². The number of carbonyl (C=O) groups excluding carboxylic acids is 2. The van der Waals surface area contributed by atoms with Gasteiger partial charge in [-0.25, -0.2) is 0 Å². The number of nitrogens with zero attached hydrogens (tertiary/aromatic N) is 1. The first-order valence-electron chi connectivity index (χ1n) is 8.34. The van der Waals surface area contributed by atoms with Crippen LogP contribution in [0.5, 0.6) is 0 Å². The Bertz CT molecular complexity index is 613. The van der Waals surface area contributed by atoms with E-state index in [1.807, 2.05) is 36.9 Å². The minimum atomic E-state index is -0.0644. The number of hydrogen-bond donors (Lipinski definition) is 1. The number of carbonyl (C=O) groups is 2. The predicted molar refractivity (Wildman–Crippen MR) is 99.7 cm³/mol. The molecule has 1 fully saturated rings. The van der Waals surface area contributed by atoms with Crippen molar-refractivity contribution in [3.8, 4) is 0 Å². The summed E-state index contributed by atoms with van der Waals surface area (Å²) in [4.78, 5) is 26.7. The Kier molecular flexibility index (Phi) is 6.99. The van der Waals surface area contributed by atoms with Crippen molar-refractivity contribution in [2.75, 3.05) is 13.1 Å². The second-order valence-electron chi connectivity index (χ2n) is 7.44. The molecule has 2 N–H and O–H groups in total. The third kappa shape index (κ3) is 4.81. The lowest BCUT2D eigenvalue weighted by Gasteiger charge is -2.42. The van der Waals surface area contributed by atoms with Crippen LogP contribution in [0.4, 0.5) is 0 Å². The smallest absolute Gasteiger partial charge is 0.223 e. The lowest BCUT2D eigenvalue weighted by Crippen LogP contribution is -2.54. The summed E-state index contributed by atoms with van der Waals surface area (Å²) in [5.41, 5.74) is 8.82. The second-order valence-corrected chi connectivity index (χ2v) is 7.44. The molecule has 0 radical (unpaired) electrons. The molecule has 1 saturated heterocycles. The van der Waals surface area contributed by atoms with Gasteiger partial charge in [0, 0.05) is 37.5 Å². The fraction of sp³-hybridized carbons (Fsp3) is 0.579. The van der Waals surface area contributed by atoms with Crippen LogP contribution in [0.15, 0.2) is 18.2 Å². The molecule has 5 heteroatoms. The molecule has 0 spiro atoms. The van der Waals surface area contributed by atoms with Crippen LogP contribution in [0.25, 0.3) is 0 Å². The molecule has 1 aromatic carbocycles. The van der Waals surface area contributed by atoms with Crippen LogP contribution >= 0.6 is 12.4 Å². The fourth-order valence-electron chi connectivity index (χ4n) is 3.14. The predicted octanol–water partition coefficient (Wildman–Crippen LogP) is 3.27. The molecule has 4 nitrogen and oxygen atoms in total. The van der Waals surface area contributed by atoms with Crippen LogP contribution in [0.2, 0.25) is 0 Å². The number of ketones is 1. The van der Waals surface area contributed by atoms with Crippen LogP contribution in [0.1, 0.15) is 54.6 Å². The van der Waals surface area contributed by atoms with E-state index >= 15 is 0 Å². The Balaban J connectivity index is 0.00000288. The van der Waals surface area contributed by atoms with Gasteiger partial charge < -0.3 is 10.6 Å².